The van der Waals surface area contributed by atoms with Crippen LogP contribution in [0.4, 0.5) is 5.69 Å². The highest BCUT2D eigenvalue weighted by Gasteiger charge is 2.09. The molecule has 0 aromatic heterocycles. The van der Waals surface area contributed by atoms with Gasteiger partial charge in [0.15, 0.2) is 6.21 Å². The van der Waals surface area contributed by atoms with Gasteiger partial charge >= 0.3 is 0 Å². The van der Waals surface area contributed by atoms with Gasteiger partial charge in [0.1, 0.15) is 0 Å². The molecule has 0 saturated heterocycles. The third kappa shape index (κ3) is 2.85. The molecule has 0 spiro atoms. The summed E-state index contributed by atoms with van der Waals surface area (Å²) in [6, 6.07) is 19.9. The zero-order valence-electron chi connectivity index (χ0n) is 12.6. The van der Waals surface area contributed by atoms with E-state index in [9.17, 15) is 5.21 Å². The minimum absolute atomic E-state index is 0.644. The summed E-state index contributed by atoms with van der Waals surface area (Å²) in [5.41, 5.74) is 2.76. The summed E-state index contributed by atoms with van der Waals surface area (Å²) in [6.45, 7) is 2.01. The first-order valence-corrected chi connectivity index (χ1v) is 8.35. The minimum atomic E-state index is 0.644. The largest absolute Gasteiger partial charge is 0.618 e. The van der Waals surface area contributed by atoms with Gasteiger partial charge in [-0.1, -0.05) is 48.0 Å². The predicted octanol–water partition coefficient (Wildman–Crippen LogP) is 5.13. The van der Waals surface area contributed by atoms with Crippen LogP contribution < -0.4 is 0 Å². The molecule has 0 saturated carbocycles. The number of hydrogen-bond donors (Lipinski definition) is 0. The Kier molecular flexibility index (Phi) is 4.16. The second kappa shape index (κ2) is 6.24. The van der Waals surface area contributed by atoms with Gasteiger partial charge in [0.2, 0.25) is 5.69 Å². The summed E-state index contributed by atoms with van der Waals surface area (Å²) in [5.74, 6) is 0. The number of rotatable bonds is 3. The minimum Gasteiger partial charge on any atom is -0.618 e. The molecule has 0 aliphatic heterocycles. The molecule has 3 aromatic carbocycles. The highest BCUT2D eigenvalue weighted by atomic mass is 32.2. The van der Waals surface area contributed by atoms with E-state index in [1.54, 1.807) is 18.0 Å². The Bertz CT molecular complexity index is 838. The molecule has 0 bridgehead atoms. The zero-order chi connectivity index (χ0) is 15.5. The van der Waals surface area contributed by atoms with E-state index in [2.05, 4.69) is 24.3 Å². The molecule has 0 unspecified atom stereocenters. The molecule has 0 heterocycles. The van der Waals surface area contributed by atoms with Crippen LogP contribution in [-0.4, -0.2) is 17.2 Å². The first kappa shape index (κ1) is 14.7. The van der Waals surface area contributed by atoms with E-state index in [-0.39, 0.29) is 0 Å². The first-order chi connectivity index (χ1) is 10.7. The number of hydrogen-bond acceptors (Lipinski definition) is 2. The Labute approximate surface area is 134 Å². The van der Waals surface area contributed by atoms with E-state index in [4.69, 9.17) is 0 Å². The van der Waals surface area contributed by atoms with Crippen LogP contribution >= 0.6 is 11.8 Å². The van der Waals surface area contributed by atoms with Crippen molar-refractivity contribution in [1.82, 2.24) is 0 Å². The van der Waals surface area contributed by atoms with E-state index >= 15 is 0 Å². The number of aryl methyl sites for hydroxylation is 1. The molecular weight excluding hydrogens is 290 g/mol. The molecule has 110 valence electrons. The lowest BCUT2D eigenvalue weighted by atomic mass is 10.1. The van der Waals surface area contributed by atoms with Crippen LogP contribution in [0.5, 0.6) is 0 Å². The van der Waals surface area contributed by atoms with Crippen LogP contribution in [0.25, 0.3) is 10.8 Å². The number of fused-ring (bicyclic) bond motifs is 1. The number of benzene rings is 3. The van der Waals surface area contributed by atoms with Crippen molar-refractivity contribution in [1.29, 1.82) is 0 Å². The molecule has 0 aliphatic carbocycles. The maximum absolute atomic E-state index is 12.5. The average molecular weight is 307 g/mol. The second-order valence-electron chi connectivity index (χ2n) is 5.19. The van der Waals surface area contributed by atoms with Gasteiger partial charge in [0.05, 0.1) is 5.56 Å². The predicted molar refractivity (Wildman–Crippen MR) is 95.4 cm³/mol. The summed E-state index contributed by atoms with van der Waals surface area (Å²) >= 11 is 1.65. The van der Waals surface area contributed by atoms with Crippen LogP contribution in [-0.2, 0) is 0 Å². The monoisotopic (exact) mass is 307 g/mol. The third-order valence-corrected chi connectivity index (χ3v) is 4.48. The first-order valence-electron chi connectivity index (χ1n) is 7.12. The summed E-state index contributed by atoms with van der Waals surface area (Å²) < 4.78 is 0.945. The lowest BCUT2D eigenvalue weighted by Gasteiger charge is -2.09. The highest BCUT2D eigenvalue weighted by molar-refractivity contribution is 7.98. The lowest BCUT2D eigenvalue weighted by Crippen LogP contribution is -2.01. The van der Waals surface area contributed by atoms with Gasteiger partial charge in [-0.05, 0) is 30.0 Å². The Morgan fingerprint density at radius 1 is 0.955 bits per heavy atom. The topological polar surface area (TPSA) is 26.1 Å². The molecule has 3 aromatic rings. The quantitative estimate of drug-likeness (QED) is 0.220. The van der Waals surface area contributed by atoms with Crippen molar-refractivity contribution in [3.63, 3.8) is 0 Å². The Morgan fingerprint density at radius 2 is 1.68 bits per heavy atom. The molecule has 0 aliphatic rings. The molecule has 3 rings (SSSR count). The summed E-state index contributed by atoms with van der Waals surface area (Å²) in [4.78, 5) is 1.10. The molecule has 22 heavy (non-hydrogen) atoms. The van der Waals surface area contributed by atoms with Crippen LogP contribution in [0.15, 0.2) is 65.6 Å². The Balaban J connectivity index is 2.16. The van der Waals surface area contributed by atoms with Crippen molar-refractivity contribution in [2.24, 2.45) is 0 Å². The molecule has 0 N–H and O–H groups in total. The fourth-order valence-corrected chi connectivity index (χ4v) is 3.06. The lowest BCUT2D eigenvalue weighted by molar-refractivity contribution is -0.354. The number of nitrogens with zero attached hydrogens (tertiary/aromatic N) is 1. The Hall–Kier alpha value is -2.26. The van der Waals surface area contributed by atoms with Crippen molar-refractivity contribution in [2.75, 3.05) is 6.26 Å². The van der Waals surface area contributed by atoms with Crippen LogP contribution in [0.3, 0.4) is 0 Å². The maximum Gasteiger partial charge on any atom is 0.216 e. The maximum atomic E-state index is 12.5. The molecule has 2 nitrogen and oxygen atoms in total. The van der Waals surface area contributed by atoms with Gasteiger partial charge in [-0.15, -0.1) is 11.8 Å². The van der Waals surface area contributed by atoms with Gasteiger partial charge in [-0.3, -0.25) is 0 Å². The van der Waals surface area contributed by atoms with Gasteiger partial charge in [0.25, 0.3) is 0 Å². The van der Waals surface area contributed by atoms with Crippen LogP contribution in [0.1, 0.15) is 11.1 Å². The normalized spacial score (nSPS) is 11.8. The van der Waals surface area contributed by atoms with Gasteiger partial charge in [0, 0.05) is 17.0 Å². The highest BCUT2D eigenvalue weighted by Crippen LogP contribution is 2.27. The molecule has 0 radical (unpaired) electrons. The van der Waals surface area contributed by atoms with Gasteiger partial charge in [-0.25, -0.2) is 0 Å². The summed E-state index contributed by atoms with van der Waals surface area (Å²) in [5, 5.41) is 14.7. The van der Waals surface area contributed by atoms with E-state index < -0.39 is 0 Å². The molecule has 0 amide bonds. The van der Waals surface area contributed by atoms with E-state index in [1.807, 2.05) is 49.6 Å². The van der Waals surface area contributed by atoms with Crippen molar-refractivity contribution < 1.29 is 4.74 Å². The molecular formula is C19H17NOS. The Morgan fingerprint density at radius 3 is 2.41 bits per heavy atom. The average Bonchev–Trinajstić information content (AvgIpc) is 2.55. The van der Waals surface area contributed by atoms with E-state index in [0.29, 0.717) is 5.69 Å². The summed E-state index contributed by atoms with van der Waals surface area (Å²) in [7, 11) is 0. The molecule has 0 fully saturated rings. The van der Waals surface area contributed by atoms with Gasteiger partial charge in [-0.2, -0.15) is 4.74 Å². The fraction of sp³-hybridized carbons (Fsp3) is 0.105. The van der Waals surface area contributed by atoms with Crippen LogP contribution in [0.2, 0.25) is 0 Å². The molecule has 0 atom stereocenters. The van der Waals surface area contributed by atoms with E-state index in [1.165, 1.54) is 0 Å². The smallest absolute Gasteiger partial charge is 0.216 e. The standard InChI is InChI=1S/C19H17NOS/c1-14-7-10-16(11-8-14)20(21)13-18-17-6-4-3-5-15(17)9-12-19(18)22-2/h3-13H,1-2H3. The summed E-state index contributed by atoms with van der Waals surface area (Å²) in [6.07, 6.45) is 3.71. The third-order valence-electron chi connectivity index (χ3n) is 3.69. The van der Waals surface area contributed by atoms with Crippen molar-refractivity contribution >= 4 is 34.4 Å². The van der Waals surface area contributed by atoms with Crippen LogP contribution in [0, 0.1) is 12.1 Å². The van der Waals surface area contributed by atoms with Crippen molar-refractivity contribution in [2.45, 2.75) is 11.8 Å². The second-order valence-corrected chi connectivity index (χ2v) is 6.04. The zero-order valence-corrected chi connectivity index (χ0v) is 13.4. The molecule has 3 heteroatoms. The van der Waals surface area contributed by atoms with E-state index in [0.717, 1.165) is 31.5 Å². The van der Waals surface area contributed by atoms with Crippen molar-refractivity contribution in [3.8, 4) is 0 Å². The van der Waals surface area contributed by atoms with Gasteiger partial charge < -0.3 is 5.21 Å². The van der Waals surface area contributed by atoms with Crippen molar-refractivity contribution in [3.05, 3.63) is 77.0 Å². The SMILES string of the molecule is CSc1ccc2ccccc2c1C=[N+]([O-])c1ccc(C)cc1. The number of thioether (sulfide) groups is 1. The fourth-order valence-electron chi connectivity index (χ4n) is 2.47.